The van der Waals surface area contributed by atoms with E-state index in [0.717, 1.165) is 70.9 Å². The monoisotopic (exact) mass is 718 g/mol. The topological polar surface area (TPSA) is 56.7 Å². The molecule has 5 nitrogen and oxygen atoms in total. The molecule has 240 valence electrons. The smallest absolute Gasteiger partial charge is 0.164 e. The fourth-order valence-electron chi connectivity index (χ4n) is 7.09. The van der Waals surface area contributed by atoms with Crippen LogP contribution in [-0.4, -0.2) is 19.5 Å². The summed E-state index contributed by atoms with van der Waals surface area (Å²) >= 11 is 3.73. The van der Waals surface area contributed by atoms with Crippen LogP contribution in [0.3, 0.4) is 0 Å². The Morgan fingerprint density at radius 1 is 0.412 bits per heavy atom. The van der Waals surface area contributed by atoms with Gasteiger partial charge in [0.1, 0.15) is 11.2 Å². The minimum Gasteiger partial charge on any atom is -0.456 e. The van der Waals surface area contributed by atoms with Crippen LogP contribution in [0.15, 0.2) is 173 Å². The summed E-state index contributed by atoms with van der Waals surface area (Å²) in [6.45, 7) is 0. The highest BCUT2D eigenvalue weighted by molar-refractivity contribution is 9.10. The quantitative estimate of drug-likeness (QED) is 0.178. The maximum atomic E-state index is 6.15. The lowest BCUT2D eigenvalue weighted by Crippen LogP contribution is -2.00. The number of aromatic nitrogens is 4. The fourth-order valence-corrected chi connectivity index (χ4v) is 7.65. The summed E-state index contributed by atoms with van der Waals surface area (Å²) in [7, 11) is 0. The van der Waals surface area contributed by atoms with Crippen LogP contribution in [0.1, 0.15) is 0 Å². The number of nitrogens with zero attached hydrogens (tertiary/aromatic N) is 4. The predicted molar refractivity (Wildman–Crippen MR) is 211 cm³/mol. The second-order valence-electron chi connectivity index (χ2n) is 12.6. The first kappa shape index (κ1) is 29.5. The third-order valence-electron chi connectivity index (χ3n) is 9.53. The van der Waals surface area contributed by atoms with Crippen LogP contribution < -0.4 is 0 Å². The van der Waals surface area contributed by atoms with E-state index in [-0.39, 0.29) is 0 Å². The van der Waals surface area contributed by atoms with E-state index in [9.17, 15) is 0 Å². The lowest BCUT2D eigenvalue weighted by molar-refractivity contribution is 0.669. The number of hydrogen-bond donors (Lipinski definition) is 0. The minimum atomic E-state index is 0.635. The van der Waals surface area contributed by atoms with E-state index in [1.54, 1.807) is 0 Å². The van der Waals surface area contributed by atoms with Gasteiger partial charge in [0, 0.05) is 48.4 Å². The highest BCUT2D eigenvalue weighted by atomic mass is 79.9. The molecule has 0 saturated heterocycles. The van der Waals surface area contributed by atoms with Crippen molar-refractivity contribution in [2.75, 3.05) is 0 Å². The molecular weight excluding hydrogens is 692 g/mol. The first-order chi connectivity index (χ1) is 25.2. The first-order valence-corrected chi connectivity index (χ1v) is 17.6. The van der Waals surface area contributed by atoms with Crippen LogP contribution in [0.5, 0.6) is 0 Å². The Kier molecular flexibility index (Phi) is 6.89. The molecule has 3 aromatic heterocycles. The number of fused-ring (bicyclic) bond motifs is 6. The molecule has 10 rings (SSSR count). The average Bonchev–Trinajstić information content (AvgIpc) is 3.74. The molecule has 0 N–H and O–H groups in total. The van der Waals surface area contributed by atoms with Crippen molar-refractivity contribution >= 4 is 59.7 Å². The van der Waals surface area contributed by atoms with Crippen LogP contribution >= 0.6 is 15.9 Å². The maximum Gasteiger partial charge on any atom is 0.164 e. The molecule has 0 aliphatic heterocycles. The van der Waals surface area contributed by atoms with Gasteiger partial charge in [0.15, 0.2) is 17.5 Å². The van der Waals surface area contributed by atoms with Crippen LogP contribution in [0.4, 0.5) is 0 Å². The fraction of sp³-hybridized carbons (Fsp3) is 0. The second-order valence-corrected chi connectivity index (χ2v) is 13.4. The highest BCUT2D eigenvalue weighted by Crippen LogP contribution is 2.39. The van der Waals surface area contributed by atoms with E-state index in [0.29, 0.717) is 17.5 Å². The van der Waals surface area contributed by atoms with Gasteiger partial charge in [-0.2, -0.15) is 0 Å². The van der Waals surface area contributed by atoms with E-state index in [1.807, 2.05) is 72.8 Å². The molecule has 0 bridgehead atoms. The van der Waals surface area contributed by atoms with Gasteiger partial charge in [0.2, 0.25) is 0 Å². The van der Waals surface area contributed by atoms with Crippen molar-refractivity contribution < 1.29 is 4.42 Å². The number of furan rings is 1. The molecule has 6 heteroatoms. The van der Waals surface area contributed by atoms with Crippen molar-refractivity contribution in [1.29, 1.82) is 0 Å². The lowest BCUT2D eigenvalue weighted by Gasteiger charge is -2.11. The van der Waals surface area contributed by atoms with Crippen LogP contribution in [0.25, 0.3) is 94.7 Å². The summed E-state index contributed by atoms with van der Waals surface area (Å²) in [6.07, 6.45) is 0. The van der Waals surface area contributed by atoms with Gasteiger partial charge in [-0.3, -0.25) is 0 Å². The molecule has 0 radical (unpaired) electrons. The maximum absolute atomic E-state index is 6.15. The number of para-hydroxylation sites is 1. The molecule has 0 aliphatic rings. The normalized spacial score (nSPS) is 11.6. The summed E-state index contributed by atoms with van der Waals surface area (Å²) < 4.78 is 9.51. The van der Waals surface area contributed by atoms with Gasteiger partial charge in [0.25, 0.3) is 0 Å². The molecule has 7 aromatic carbocycles. The van der Waals surface area contributed by atoms with Crippen molar-refractivity contribution in [2.24, 2.45) is 0 Å². The molecule has 0 atom stereocenters. The van der Waals surface area contributed by atoms with E-state index in [4.69, 9.17) is 19.4 Å². The molecule has 0 fully saturated rings. The first-order valence-electron chi connectivity index (χ1n) is 16.8. The van der Waals surface area contributed by atoms with Crippen LogP contribution in [0, 0.1) is 0 Å². The molecule has 0 aliphatic carbocycles. The van der Waals surface area contributed by atoms with Gasteiger partial charge in [-0.05, 0) is 77.9 Å². The second kappa shape index (κ2) is 11.9. The van der Waals surface area contributed by atoms with Gasteiger partial charge in [-0.1, -0.05) is 113 Å². The largest absolute Gasteiger partial charge is 0.456 e. The molecule has 0 spiro atoms. The van der Waals surface area contributed by atoms with Crippen molar-refractivity contribution in [1.82, 2.24) is 19.5 Å². The number of rotatable bonds is 5. The highest BCUT2D eigenvalue weighted by Gasteiger charge is 2.17. The summed E-state index contributed by atoms with van der Waals surface area (Å²) in [5, 5.41) is 4.60. The van der Waals surface area contributed by atoms with Crippen molar-refractivity contribution in [3.63, 3.8) is 0 Å². The Morgan fingerprint density at radius 3 is 1.65 bits per heavy atom. The van der Waals surface area contributed by atoms with Crippen LogP contribution in [0.2, 0.25) is 0 Å². The van der Waals surface area contributed by atoms with Gasteiger partial charge in [0.05, 0.1) is 11.0 Å². The summed E-state index contributed by atoms with van der Waals surface area (Å²) in [5.74, 6) is 1.93. The van der Waals surface area contributed by atoms with Crippen LogP contribution in [-0.2, 0) is 0 Å². The van der Waals surface area contributed by atoms with Crippen molar-refractivity contribution in [3.05, 3.63) is 168 Å². The van der Waals surface area contributed by atoms with Gasteiger partial charge < -0.3 is 8.98 Å². The third-order valence-corrected chi connectivity index (χ3v) is 10.2. The molecular formula is C45H27BrN4O. The van der Waals surface area contributed by atoms with Crippen molar-refractivity contribution in [2.45, 2.75) is 0 Å². The Balaban J connectivity index is 1.07. The average molecular weight is 720 g/mol. The zero-order valence-electron chi connectivity index (χ0n) is 27.2. The van der Waals surface area contributed by atoms with E-state index in [2.05, 4.69) is 111 Å². The molecule has 0 amide bonds. The molecule has 10 aromatic rings. The van der Waals surface area contributed by atoms with Gasteiger partial charge in [-0.15, -0.1) is 0 Å². The molecule has 3 heterocycles. The number of halogens is 1. The zero-order chi connectivity index (χ0) is 33.9. The summed E-state index contributed by atoms with van der Waals surface area (Å²) in [6, 6.07) is 56.5. The molecule has 0 saturated carbocycles. The Hall–Kier alpha value is -6.37. The standard InChI is InChI=1S/C45H27BrN4O/c46-37-15-9-17-41-42(37)36-27-32(21-25-40(36)51-41)31-20-24-39-35(26-31)34-14-7-8-16-38(34)50(39)33-22-18-30(19-23-33)45-48-43(28-10-3-1-4-11-28)47-44(49-45)29-12-5-2-6-13-29/h1-27H. The van der Waals surface area contributed by atoms with Crippen molar-refractivity contribution in [3.8, 4) is 51.0 Å². The Morgan fingerprint density at radius 2 is 0.961 bits per heavy atom. The Labute approximate surface area is 301 Å². The minimum absolute atomic E-state index is 0.635. The van der Waals surface area contributed by atoms with Gasteiger partial charge >= 0.3 is 0 Å². The SMILES string of the molecule is Brc1cccc2oc3ccc(-c4ccc5c(c4)c4ccccc4n5-c4ccc(-c5nc(-c6ccccc6)nc(-c6ccccc6)n5)cc4)cc3c12. The lowest BCUT2D eigenvalue weighted by atomic mass is 10.0. The number of benzene rings is 7. The zero-order valence-corrected chi connectivity index (χ0v) is 28.7. The predicted octanol–water partition coefficient (Wildman–Crippen LogP) is 12.3. The molecule has 0 unspecified atom stereocenters. The number of hydrogen-bond acceptors (Lipinski definition) is 4. The molecule has 51 heavy (non-hydrogen) atoms. The third kappa shape index (κ3) is 5.03. The summed E-state index contributed by atoms with van der Waals surface area (Å²) in [5.41, 5.74) is 10.2. The Bertz CT molecular complexity index is 2860. The van der Waals surface area contributed by atoms with E-state index in [1.165, 1.54) is 10.8 Å². The van der Waals surface area contributed by atoms with Gasteiger partial charge in [-0.25, -0.2) is 15.0 Å². The summed E-state index contributed by atoms with van der Waals surface area (Å²) in [4.78, 5) is 14.7. The van der Waals surface area contributed by atoms with E-state index < -0.39 is 0 Å². The van der Waals surface area contributed by atoms with E-state index >= 15 is 0 Å².